The monoisotopic (exact) mass is 344 g/mol. The summed E-state index contributed by atoms with van der Waals surface area (Å²) < 4.78 is 11.6. The molecular formula is C20H28O3Si. The third kappa shape index (κ3) is 4.00. The summed E-state index contributed by atoms with van der Waals surface area (Å²) in [4.78, 5) is 0. The van der Waals surface area contributed by atoms with Gasteiger partial charge in [-0.05, 0) is 41.9 Å². The van der Waals surface area contributed by atoms with E-state index in [1.165, 1.54) is 0 Å². The van der Waals surface area contributed by atoms with E-state index in [1.807, 2.05) is 48.5 Å². The number of hydrogen-bond donors (Lipinski definition) is 1. The van der Waals surface area contributed by atoms with Gasteiger partial charge in [0.05, 0.1) is 7.11 Å². The Bertz CT molecular complexity index is 672. The van der Waals surface area contributed by atoms with Crippen LogP contribution in [0.5, 0.6) is 11.5 Å². The maximum atomic E-state index is 10.6. The lowest BCUT2D eigenvalue weighted by Crippen LogP contribution is -2.43. The summed E-state index contributed by atoms with van der Waals surface area (Å²) in [5.74, 6) is 1.55. The fourth-order valence-electron chi connectivity index (χ4n) is 2.24. The molecule has 0 aliphatic carbocycles. The van der Waals surface area contributed by atoms with Crippen LogP contribution in [0.3, 0.4) is 0 Å². The van der Waals surface area contributed by atoms with Crippen LogP contribution in [-0.2, 0) is 0 Å². The van der Waals surface area contributed by atoms with Crippen molar-refractivity contribution in [2.75, 3.05) is 7.11 Å². The number of ether oxygens (including phenoxy) is 1. The smallest absolute Gasteiger partial charge is 0.250 e. The molecule has 1 atom stereocenters. The quantitative estimate of drug-likeness (QED) is 0.761. The molecule has 0 aliphatic rings. The third-order valence-corrected chi connectivity index (χ3v) is 9.17. The molecular weight excluding hydrogens is 316 g/mol. The first-order chi connectivity index (χ1) is 11.2. The maximum absolute atomic E-state index is 10.6. The predicted molar refractivity (Wildman–Crippen MR) is 101 cm³/mol. The lowest BCUT2D eigenvalue weighted by molar-refractivity contribution is 0.214. The van der Waals surface area contributed by atoms with E-state index < -0.39 is 14.4 Å². The minimum absolute atomic E-state index is 0.155. The van der Waals surface area contributed by atoms with Crippen molar-refractivity contribution < 1.29 is 14.3 Å². The Balaban J connectivity index is 2.20. The van der Waals surface area contributed by atoms with Gasteiger partial charge in [-0.15, -0.1) is 0 Å². The van der Waals surface area contributed by atoms with Gasteiger partial charge in [-0.25, -0.2) is 0 Å². The minimum atomic E-state index is -1.85. The van der Waals surface area contributed by atoms with Crippen LogP contribution in [0.2, 0.25) is 18.1 Å². The van der Waals surface area contributed by atoms with Crippen molar-refractivity contribution in [1.29, 1.82) is 0 Å². The molecule has 0 bridgehead atoms. The van der Waals surface area contributed by atoms with Crippen LogP contribution in [0, 0.1) is 0 Å². The van der Waals surface area contributed by atoms with E-state index >= 15 is 0 Å². The van der Waals surface area contributed by atoms with Crippen LogP contribution in [0.1, 0.15) is 38.0 Å². The summed E-state index contributed by atoms with van der Waals surface area (Å²) in [6.07, 6.45) is -0.719. The van der Waals surface area contributed by atoms with Gasteiger partial charge in [0, 0.05) is 5.56 Å². The molecule has 0 heterocycles. The summed E-state index contributed by atoms with van der Waals surface area (Å²) in [7, 11) is -0.239. The van der Waals surface area contributed by atoms with Crippen LogP contribution in [-0.4, -0.2) is 20.5 Å². The first-order valence-electron chi connectivity index (χ1n) is 8.25. The van der Waals surface area contributed by atoms with E-state index in [2.05, 4.69) is 33.9 Å². The summed E-state index contributed by atoms with van der Waals surface area (Å²) in [5.41, 5.74) is 1.58. The topological polar surface area (TPSA) is 38.7 Å². The molecule has 0 saturated carbocycles. The first-order valence-corrected chi connectivity index (χ1v) is 11.2. The normalized spacial score (nSPS) is 13.5. The number of benzene rings is 2. The van der Waals surface area contributed by atoms with Gasteiger partial charge in [0.25, 0.3) is 0 Å². The van der Waals surface area contributed by atoms with Crippen LogP contribution in [0.4, 0.5) is 0 Å². The third-order valence-electron chi connectivity index (χ3n) is 4.81. The van der Waals surface area contributed by atoms with Crippen molar-refractivity contribution in [2.24, 2.45) is 0 Å². The lowest BCUT2D eigenvalue weighted by atomic mass is 10.0. The van der Waals surface area contributed by atoms with Gasteiger partial charge < -0.3 is 14.3 Å². The minimum Gasteiger partial charge on any atom is -0.544 e. The van der Waals surface area contributed by atoms with Crippen molar-refractivity contribution in [3.63, 3.8) is 0 Å². The highest BCUT2D eigenvalue weighted by Crippen LogP contribution is 2.38. The van der Waals surface area contributed by atoms with E-state index in [0.29, 0.717) is 5.75 Å². The van der Waals surface area contributed by atoms with Gasteiger partial charge in [0.15, 0.2) is 0 Å². The molecule has 0 fully saturated rings. The fourth-order valence-corrected chi connectivity index (χ4v) is 3.27. The predicted octanol–water partition coefficient (Wildman–Crippen LogP) is 5.16. The number of hydrogen-bond acceptors (Lipinski definition) is 3. The second-order valence-electron chi connectivity index (χ2n) is 7.58. The fraction of sp³-hybridized carbons (Fsp3) is 0.400. The lowest BCUT2D eigenvalue weighted by Gasteiger charge is -2.36. The molecule has 2 aromatic rings. The SMILES string of the molecule is COc1ccccc1C(O)c1ccc(O[Si](C)(C)C(C)(C)C)cc1. The Morgan fingerprint density at radius 1 is 0.958 bits per heavy atom. The number of methoxy groups -OCH3 is 1. The van der Waals surface area contributed by atoms with Gasteiger partial charge in [-0.3, -0.25) is 0 Å². The van der Waals surface area contributed by atoms with Gasteiger partial charge >= 0.3 is 0 Å². The number of rotatable bonds is 5. The summed E-state index contributed by atoms with van der Waals surface area (Å²) in [6.45, 7) is 11.1. The van der Waals surface area contributed by atoms with Crippen molar-refractivity contribution >= 4 is 8.32 Å². The molecule has 130 valence electrons. The molecule has 4 heteroatoms. The Labute approximate surface area is 146 Å². The molecule has 1 unspecified atom stereocenters. The van der Waals surface area contributed by atoms with Crippen LogP contribution in [0.25, 0.3) is 0 Å². The van der Waals surface area contributed by atoms with E-state index in [9.17, 15) is 5.11 Å². The average molecular weight is 345 g/mol. The molecule has 2 aromatic carbocycles. The largest absolute Gasteiger partial charge is 0.544 e. The van der Waals surface area contributed by atoms with Gasteiger partial charge in [-0.2, -0.15) is 0 Å². The van der Waals surface area contributed by atoms with Crippen molar-refractivity contribution in [2.45, 2.75) is 45.0 Å². The number of aliphatic hydroxyl groups is 1. The molecule has 0 radical (unpaired) electrons. The Hall–Kier alpha value is -1.78. The van der Waals surface area contributed by atoms with Crippen LogP contribution < -0.4 is 9.16 Å². The summed E-state index contributed by atoms with van der Waals surface area (Å²) >= 11 is 0. The first kappa shape index (κ1) is 18.6. The van der Waals surface area contributed by atoms with Gasteiger partial charge in [0.1, 0.15) is 17.6 Å². The molecule has 0 amide bonds. The summed E-state index contributed by atoms with van der Waals surface area (Å²) in [6, 6.07) is 15.2. The second-order valence-corrected chi connectivity index (χ2v) is 12.3. The zero-order valence-electron chi connectivity index (χ0n) is 15.5. The molecule has 0 spiro atoms. The number of para-hydroxylation sites is 1. The molecule has 24 heavy (non-hydrogen) atoms. The molecule has 2 rings (SSSR count). The molecule has 1 N–H and O–H groups in total. The zero-order chi connectivity index (χ0) is 18.0. The Kier molecular flexibility index (Phi) is 5.41. The molecule has 0 aromatic heterocycles. The van der Waals surface area contributed by atoms with Crippen molar-refractivity contribution in [3.8, 4) is 11.5 Å². The van der Waals surface area contributed by atoms with E-state index in [4.69, 9.17) is 9.16 Å². The van der Waals surface area contributed by atoms with Crippen LogP contribution >= 0.6 is 0 Å². The van der Waals surface area contributed by atoms with Gasteiger partial charge in [0.2, 0.25) is 8.32 Å². The van der Waals surface area contributed by atoms with E-state index in [1.54, 1.807) is 7.11 Å². The maximum Gasteiger partial charge on any atom is 0.250 e. The highest BCUT2D eigenvalue weighted by atomic mass is 28.4. The van der Waals surface area contributed by atoms with Gasteiger partial charge in [-0.1, -0.05) is 51.1 Å². The molecule has 3 nitrogen and oxygen atoms in total. The van der Waals surface area contributed by atoms with Crippen LogP contribution in [0.15, 0.2) is 48.5 Å². The van der Waals surface area contributed by atoms with E-state index in [-0.39, 0.29) is 5.04 Å². The Morgan fingerprint density at radius 3 is 2.08 bits per heavy atom. The molecule has 0 aliphatic heterocycles. The van der Waals surface area contributed by atoms with Crippen molar-refractivity contribution in [1.82, 2.24) is 0 Å². The zero-order valence-corrected chi connectivity index (χ0v) is 16.5. The second kappa shape index (κ2) is 6.99. The average Bonchev–Trinajstić information content (AvgIpc) is 2.53. The highest BCUT2D eigenvalue weighted by molar-refractivity contribution is 6.74. The van der Waals surface area contributed by atoms with E-state index in [0.717, 1.165) is 16.9 Å². The number of aliphatic hydroxyl groups excluding tert-OH is 1. The van der Waals surface area contributed by atoms with Crippen molar-refractivity contribution in [3.05, 3.63) is 59.7 Å². The summed E-state index contributed by atoms with van der Waals surface area (Å²) in [5, 5.41) is 10.8. The standard InChI is InChI=1S/C20H28O3Si/c1-20(2,3)24(5,6)23-16-13-11-15(12-14-16)19(21)17-9-7-8-10-18(17)22-4/h7-14,19,21H,1-6H3. The highest BCUT2D eigenvalue weighted by Gasteiger charge is 2.38. The Morgan fingerprint density at radius 2 is 1.54 bits per heavy atom. The molecule has 0 saturated heterocycles.